The van der Waals surface area contributed by atoms with E-state index in [2.05, 4.69) is 0 Å². The van der Waals surface area contributed by atoms with Crippen LogP contribution >= 0.6 is 0 Å². The van der Waals surface area contributed by atoms with Crippen molar-refractivity contribution in [2.75, 3.05) is 0 Å². The highest BCUT2D eigenvalue weighted by Crippen LogP contribution is 1.57. The van der Waals surface area contributed by atoms with Crippen molar-refractivity contribution in [3.63, 3.8) is 0 Å². The van der Waals surface area contributed by atoms with Crippen molar-refractivity contribution < 1.29 is 13.3 Å². The highest BCUT2D eigenvalue weighted by atomic mass is 32.2. The lowest BCUT2D eigenvalue weighted by Crippen LogP contribution is -1.74. The number of rotatable bonds is 0. The van der Waals surface area contributed by atoms with Gasteiger partial charge < -0.3 is 0 Å². The Kier molecular flexibility index (Phi) is 13.3. The summed E-state index contributed by atoms with van der Waals surface area (Å²) in [5, 5.41) is 0. The maximum atomic E-state index is 8.67. The summed E-state index contributed by atoms with van der Waals surface area (Å²) in [6, 6.07) is 0. The van der Waals surface area contributed by atoms with E-state index in [9.17, 15) is 0 Å². The third kappa shape index (κ3) is 205. The molecule has 0 aliphatic heterocycles. The van der Waals surface area contributed by atoms with Gasteiger partial charge in [-0.3, -0.25) is 9.11 Å². The SMILES string of the molecule is CC=CC.O=S(O)O. The fraction of sp³-hybridized carbons (Fsp3) is 0.500. The van der Waals surface area contributed by atoms with Crippen molar-refractivity contribution in [3.05, 3.63) is 12.2 Å². The van der Waals surface area contributed by atoms with Crippen molar-refractivity contribution in [3.8, 4) is 0 Å². The summed E-state index contributed by atoms with van der Waals surface area (Å²) in [5.41, 5.74) is 0. The number of hydrogen-bond acceptors (Lipinski definition) is 1. The lowest BCUT2D eigenvalue weighted by Gasteiger charge is -1.59. The highest BCUT2D eigenvalue weighted by molar-refractivity contribution is 7.73. The van der Waals surface area contributed by atoms with Crippen LogP contribution in [0.5, 0.6) is 0 Å². The van der Waals surface area contributed by atoms with Crippen LogP contribution in [0.3, 0.4) is 0 Å². The van der Waals surface area contributed by atoms with Crippen LogP contribution in [0.1, 0.15) is 13.8 Å². The summed E-state index contributed by atoms with van der Waals surface area (Å²) in [6.07, 6.45) is 4.00. The number of allylic oxidation sites excluding steroid dienone is 2. The summed E-state index contributed by atoms with van der Waals surface area (Å²) in [5.74, 6) is 0. The van der Waals surface area contributed by atoms with Crippen LogP contribution in [0.4, 0.5) is 0 Å². The minimum Gasteiger partial charge on any atom is -0.284 e. The fourth-order valence-corrected chi connectivity index (χ4v) is 0. The molecule has 0 aromatic rings. The molecule has 0 rings (SSSR count). The molecule has 0 saturated carbocycles. The average Bonchev–Trinajstić information content (AvgIpc) is 1.65. The van der Waals surface area contributed by atoms with Crippen LogP contribution in [0, 0.1) is 0 Å². The zero-order chi connectivity index (χ0) is 6.99. The molecular formula is C4H10O3S. The molecule has 0 aliphatic carbocycles. The van der Waals surface area contributed by atoms with E-state index in [4.69, 9.17) is 13.3 Å². The third-order valence-electron chi connectivity index (χ3n) is 0.333. The van der Waals surface area contributed by atoms with Gasteiger partial charge in [-0.05, 0) is 13.8 Å². The van der Waals surface area contributed by atoms with Gasteiger partial charge in [0.05, 0.1) is 0 Å². The monoisotopic (exact) mass is 138 g/mol. The topological polar surface area (TPSA) is 57.5 Å². The van der Waals surface area contributed by atoms with Gasteiger partial charge in [0.1, 0.15) is 0 Å². The van der Waals surface area contributed by atoms with Crippen LogP contribution in [-0.4, -0.2) is 13.3 Å². The second-order valence-electron chi connectivity index (χ2n) is 0.897. The maximum Gasteiger partial charge on any atom is 0.299 e. The Morgan fingerprint density at radius 1 is 1.25 bits per heavy atom. The van der Waals surface area contributed by atoms with Gasteiger partial charge >= 0.3 is 0 Å². The predicted octanol–water partition coefficient (Wildman–Crippen LogP) is 1.26. The van der Waals surface area contributed by atoms with E-state index in [1.165, 1.54) is 0 Å². The Labute approximate surface area is 51.5 Å². The van der Waals surface area contributed by atoms with E-state index in [-0.39, 0.29) is 0 Å². The first-order valence-electron chi connectivity index (χ1n) is 2.02. The van der Waals surface area contributed by atoms with Gasteiger partial charge in [-0.2, -0.15) is 4.21 Å². The molecule has 0 aromatic carbocycles. The van der Waals surface area contributed by atoms with Gasteiger partial charge in [0.2, 0.25) is 0 Å². The molecule has 0 spiro atoms. The fourth-order valence-electron chi connectivity index (χ4n) is 0. The first-order valence-corrected chi connectivity index (χ1v) is 3.08. The molecule has 0 bridgehead atoms. The summed E-state index contributed by atoms with van der Waals surface area (Å²) >= 11 is -2.61. The lowest BCUT2D eigenvalue weighted by atomic mass is 10.6. The molecule has 8 heavy (non-hydrogen) atoms. The molecule has 0 atom stereocenters. The largest absolute Gasteiger partial charge is 0.299 e. The van der Waals surface area contributed by atoms with Gasteiger partial charge in [0, 0.05) is 0 Å². The Balaban J connectivity index is 0. The summed E-state index contributed by atoms with van der Waals surface area (Å²) in [7, 11) is 0. The van der Waals surface area contributed by atoms with Gasteiger partial charge in [0.15, 0.2) is 0 Å². The lowest BCUT2D eigenvalue weighted by molar-refractivity contribution is 0.454. The van der Waals surface area contributed by atoms with E-state index < -0.39 is 11.4 Å². The van der Waals surface area contributed by atoms with Crippen molar-refractivity contribution in [2.45, 2.75) is 13.8 Å². The van der Waals surface area contributed by atoms with E-state index in [0.717, 1.165) is 0 Å². The smallest absolute Gasteiger partial charge is 0.284 e. The third-order valence-corrected chi connectivity index (χ3v) is 0.333. The number of hydrogen-bond donors (Lipinski definition) is 2. The van der Waals surface area contributed by atoms with Crippen LogP contribution in [0.2, 0.25) is 0 Å². The summed E-state index contributed by atoms with van der Waals surface area (Å²) in [6.45, 7) is 4.00. The Bertz CT molecular complexity index is 71.4. The molecule has 3 nitrogen and oxygen atoms in total. The molecular weight excluding hydrogens is 128 g/mol. The van der Waals surface area contributed by atoms with Gasteiger partial charge in [-0.25, -0.2) is 0 Å². The van der Waals surface area contributed by atoms with Crippen molar-refractivity contribution in [2.24, 2.45) is 0 Å². The minimum atomic E-state index is -2.61. The molecule has 0 saturated heterocycles. The standard InChI is InChI=1S/C4H8.H2O3S/c1-3-4-2;1-4(2)3/h3-4H,1-2H3;(H2,1,2,3). The van der Waals surface area contributed by atoms with E-state index in [1.807, 2.05) is 26.0 Å². The molecule has 0 unspecified atom stereocenters. The molecule has 4 heteroatoms. The first kappa shape index (κ1) is 10.7. The molecule has 2 N–H and O–H groups in total. The first-order chi connectivity index (χ1) is 3.65. The molecule has 0 heterocycles. The maximum absolute atomic E-state index is 8.67. The highest BCUT2D eigenvalue weighted by Gasteiger charge is 1.62. The van der Waals surface area contributed by atoms with E-state index >= 15 is 0 Å². The Morgan fingerprint density at radius 2 is 1.38 bits per heavy atom. The van der Waals surface area contributed by atoms with Crippen molar-refractivity contribution in [1.29, 1.82) is 0 Å². The Hall–Kier alpha value is -0.190. The summed E-state index contributed by atoms with van der Waals surface area (Å²) < 4.78 is 22.8. The zero-order valence-electron chi connectivity index (χ0n) is 4.87. The predicted molar refractivity (Wildman–Crippen MR) is 33.9 cm³/mol. The van der Waals surface area contributed by atoms with Gasteiger partial charge in [-0.1, -0.05) is 12.2 Å². The zero-order valence-corrected chi connectivity index (χ0v) is 5.68. The van der Waals surface area contributed by atoms with Gasteiger partial charge in [0.25, 0.3) is 11.4 Å². The molecule has 0 aliphatic rings. The van der Waals surface area contributed by atoms with Crippen LogP contribution < -0.4 is 0 Å². The molecule has 0 radical (unpaired) electrons. The van der Waals surface area contributed by atoms with Crippen LogP contribution in [0.25, 0.3) is 0 Å². The second-order valence-corrected chi connectivity index (χ2v) is 1.36. The van der Waals surface area contributed by atoms with Crippen LogP contribution in [-0.2, 0) is 11.4 Å². The molecule has 0 fully saturated rings. The minimum absolute atomic E-state index is 2.00. The molecule has 0 amide bonds. The van der Waals surface area contributed by atoms with E-state index in [0.29, 0.717) is 0 Å². The average molecular weight is 138 g/mol. The second kappa shape index (κ2) is 9.94. The van der Waals surface area contributed by atoms with Crippen molar-refractivity contribution in [1.82, 2.24) is 0 Å². The quantitative estimate of drug-likeness (QED) is 0.391. The van der Waals surface area contributed by atoms with E-state index in [1.54, 1.807) is 0 Å². The normalized spacial score (nSPS) is 9.12. The summed E-state index contributed by atoms with van der Waals surface area (Å²) in [4.78, 5) is 0. The molecule has 0 aromatic heterocycles. The van der Waals surface area contributed by atoms with Gasteiger partial charge in [-0.15, -0.1) is 0 Å². The molecule has 50 valence electrons. The van der Waals surface area contributed by atoms with Crippen molar-refractivity contribution >= 4 is 11.4 Å². The Morgan fingerprint density at radius 3 is 1.38 bits per heavy atom. The van der Waals surface area contributed by atoms with Crippen LogP contribution in [0.15, 0.2) is 12.2 Å².